The lowest BCUT2D eigenvalue weighted by atomic mass is 10.6. The summed E-state index contributed by atoms with van der Waals surface area (Å²) in [7, 11) is 0. The van der Waals surface area contributed by atoms with E-state index < -0.39 is 0 Å². The molecule has 1 aromatic rings. The Kier molecular flexibility index (Phi) is 2.45. The highest BCUT2D eigenvalue weighted by molar-refractivity contribution is 9.11. The molecule has 0 unspecified atom stereocenters. The van der Waals surface area contributed by atoms with Crippen LogP contribution in [0.1, 0.15) is 0 Å². The van der Waals surface area contributed by atoms with Crippen LogP contribution in [0.3, 0.4) is 0 Å². The topological polar surface area (TPSA) is 60.9 Å². The first kappa shape index (κ1) is 8.48. The zero-order chi connectivity index (χ0) is 8.43. The van der Waals surface area contributed by atoms with Gasteiger partial charge in [0.1, 0.15) is 0 Å². The number of anilines is 1. The highest BCUT2D eigenvalue weighted by Gasteiger charge is 2.01. The summed E-state index contributed by atoms with van der Waals surface area (Å²) in [6, 6.07) is 0. The van der Waals surface area contributed by atoms with Crippen molar-refractivity contribution in [3.05, 3.63) is 20.7 Å². The minimum Gasteiger partial charge on any atom is -0.374 e. The van der Waals surface area contributed by atoms with Crippen LogP contribution in [0, 0.1) is 0 Å². The molecule has 0 aliphatic heterocycles. The summed E-state index contributed by atoms with van der Waals surface area (Å²) in [5.41, 5.74) is 5.30. The Labute approximate surface area is 75.5 Å². The first-order valence-electron chi connectivity index (χ1n) is 2.76. The van der Waals surface area contributed by atoms with E-state index >= 15 is 0 Å². The second kappa shape index (κ2) is 3.19. The Balaban J connectivity index is 2.95. The van der Waals surface area contributed by atoms with Gasteiger partial charge >= 0.3 is 4.87 Å². The van der Waals surface area contributed by atoms with Crippen molar-refractivity contribution in [1.82, 2.24) is 9.78 Å². The average Bonchev–Trinajstić information content (AvgIpc) is 2.09. The van der Waals surface area contributed by atoms with Crippen LogP contribution in [0.4, 0.5) is 5.13 Å². The van der Waals surface area contributed by atoms with Gasteiger partial charge in [-0.1, -0.05) is 22.5 Å². The number of allylic oxidation sites excluding steroid dienone is 1. The van der Waals surface area contributed by atoms with Crippen LogP contribution in [0.2, 0.25) is 0 Å². The third-order valence-electron chi connectivity index (χ3n) is 0.943. The summed E-state index contributed by atoms with van der Waals surface area (Å²) in [4.78, 5) is 10.8. The molecule has 0 bridgehead atoms. The lowest BCUT2D eigenvalue weighted by molar-refractivity contribution is 0.680. The number of halogens is 1. The molecule has 0 fully saturated rings. The lowest BCUT2D eigenvalue weighted by Gasteiger charge is -1.93. The summed E-state index contributed by atoms with van der Waals surface area (Å²) in [6.07, 6.45) is 0. The fourth-order valence-electron chi connectivity index (χ4n) is 0.585. The van der Waals surface area contributed by atoms with Gasteiger partial charge in [0, 0.05) is 4.48 Å². The number of hydrogen-bond acceptors (Lipinski definition) is 4. The van der Waals surface area contributed by atoms with Crippen LogP contribution >= 0.6 is 27.3 Å². The van der Waals surface area contributed by atoms with Crippen molar-refractivity contribution in [1.29, 1.82) is 0 Å². The van der Waals surface area contributed by atoms with Crippen LogP contribution in [0.15, 0.2) is 15.9 Å². The monoisotopic (exact) mass is 235 g/mol. The number of nitrogen functional groups attached to an aromatic ring is 1. The Morgan fingerprint density at radius 2 is 2.55 bits per heavy atom. The summed E-state index contributed by atoms with van der Waals surface area (Å²) in [6.45, 7) is 3.95. The Morgan fingerprint density at radius 1 is 1.91 bits per heavy atom. The van der Waals surface area contributed by atoms with Gasteiger partial charge in [0.25, 0.3) is 0 Å². The molecule has 1 rings (SSSR count). The first-order valence-corrected chi connectivity index (χ1v) is 4.37. The third kappa shape index (κ3) is 2.16. The van der Waals surface area contributed by atoms with Gasteiger partial charge in [-0.15, -0.1) is 5.10 Å². The Bertz CT molecular complexity index is 329. The van der Waals surface area contributed by atoms with Crippen molar-refractivity contribution in [2.24, 2.45) is 0 Å². The van der Waals surface area contributed by atoms with Gasteiger partial charge in [0.15, 0.2) is 0 Å². The molecule has 0 atom stereocenters. The molecule has 6 heteroatoms. The average molecular weight is 236 g/mol. The van der Waals surface area contributed by atoms with Crippen LogP contribution in [0.5, 0.6) is 0 Å². The van der Waals surface area contributed by atoms with Crippen LogP contribution in [0.25, 0.3) is 0 Å². The van der Waals surface area contributed by atoms with Crippen molar-refractivity contribution in [3.63, 3.8) is 0 Å². The van der Waals surface area contributed by atoms with E-state index in [0.717, 1.165) is 11.3 Å². The molecule has 4 nitrogen and oxygen atoms in total. The van der Waals surface area contributed by atoms with Crippen LogP contribution < -0.4 is 10.6 Å². The van der Waals surface area contributed by atoms with Crippen molar-refractivity contribution in [2.45, 2.75) is 6.54 Å². The highest BCUT2D eigenvalue weighted by atomic mass is 79.9. The first-order chi connectivity index (χ1) is 5.09. The van der Waals surface area contributed by atoms with Crippen LogP contribution in [-0.4, -0.2) is 9.78 Å². The van der Waals surface area contributed by atoms with Gasteiger partial charge in [-0.05, 0) is 11.3 Å². The predicted molar refractivity (Wildman–Crippen MR) is 48.9 cm³/mol. The summed E-state index contributed by atoms with van der Waals surface area (Å²) < 4.78 is 1.96. The van der Waals surface area contributed by atoms with Crippen molar-refractivity contribution in [2.75, 3.05) is 5.73 Å². The number of nitrogens with zero attached hydrogens (tertiary/aromatic N) is 2. The molecular formula is C5H6BrN3OS. The van der Waals surface area contributed by atoms with E-state index in [-0.39, 0.29) is 10.0 Å². The van der Waals surface area contributed by atoms with Gasteiger partial charge in [-0.25, -0.2) is 4.68 Å². The van der Waals surface area contributed by atoms with Gasteiger partial charge in [-0.2, -0.15) is 0 Å². The molecule has 60 valence electrons. The molecule has 0 aromatic carbocycles. The summed E-state index contributed by atoms with van der Waals surface area (Å²) in [5.74, 6) is 0. The molecule has 1 aromatic heterocycles. The van der Waals surface area contributed by atoms with Gasteiger partial charge in [0.2, 0.25) is 5.13 Å². The highest BCUT2D eigenvalue weighted by Crippen LogP contribution is 2.05. The van der Waals surface area contributed by atoms with Crippen LogP contribution in [-0.2, 0) is 6.54 Å². The van der Waals surface area contributed by atoms with Gasteiger partial charge < -0.3 is 5.73 Å². The molecule has 11 heavy (non-hydrogen) atoms. The largest absolute Gasteiger partial charge is 0.374 e. The third-order valence-corrected chi connectivity index (χ3v) is 1.87. The van der Waals surface area contributed by atoms with E-state index in [1.54, 1.807) is 0 Å². The fraction of sp³-hybridized carbons (Fsp3) is 0.200. The maximum Gasteiger partial charge on any atom is 0.327 e. The number of rotatable bonds is 2. The maximum absolute atomic E-state index is 11.0. The molecule has 0 aliphatic carbocycles. The second-order valence-corrected chi connectivity index (χ2v) is 3.97. The summed E-state index contributed by atoms with van der Waals surface area (Å²) in [5, 5.41) is 4.04. The fourth-order valence-corrected chi connectivity index (χ4v) is 1.35. The normalized spacial score (nSPS) is 9.91. The van der Waals surface area contributed by atoms with Gasteiger partial charge in [-0.3, -0.25) is 4.79 Å². The molecule has 0 aliphatic rings. The smallest absolute Gasteiger partial charge is 0.327 e. The molecule has 0 saturated heterocycles. The quantitative estimate of drug-likeness (QED) is 0.825. The SMILES string of the molecule is C=C(Br)Cn1nc(N)sc1=O. The standard InChI is InChI=1S/C5H6BrN3OS/c1-3(6)2-9-5(10)11-4(7)8-9/h1-2H2,(H2,7,8). The van der Waals surface area contributed by atoms with Crippen molar-refractivity contribution in [3.8, 4) is 0 Å². The lowest BCUT2D eigenvalue weighted by Crippen LogP contribution is -2.14. The number of nitrogens with two attached hydrogens (primary N) is 1. The number of aromatic nitrogens is 2. The molecule has 0 radical (unpaired) electrons. The minimum atomic E-state index is -0.164. The van der Waals surface area contributed by atoms with Gasteiger partial charge in [0.05, 0.1) is 6.54 Å². The number of hydrogen-bond donors (Lipinski definition) is 1. The van der Waals surface area contributed by atoms with E-state index in [4.69, 9.17) is 5.73 Å². The zero-order valence-corrected chi connectivity index (χ0v) is 7.98. The van der Waals surface area contributed by atoms with Crippen molar-refractivity contribution < 1.29 is 0 Å². The maximum atomic E-state index is 11.0. The van der Waals surface area contributed by atoms with E-state index in [2.05, 4.69) is 27.6 Å². The zero-order valence-electron chi connectivity index (χ0n) is 5.58. The Morgan fingerprint density at radius 3 is 2.91 bits per heavy atom. The molecule has 0 spiro atoms. The predicted octanol–water partition coefficient (Wildman–Crippen LogP) is 0.796. The molecule has 1 heterocycles. The summed E-state index contributed by atoms with van der Waals surface area (Å²) >= 11 is 4.05. The van der Waals surface area contributed by atoms with E-state index in [9.17, 15) is 4.79 Å². The molecule has 0 amide bonds. The van der Waals surface area contributed by atoms with E-state index in [1.807, 2.05) is 0 Å². The molecule has 2 N–H and O–H groups in total. The van der Waals surface area contributed by atoms with E-state index in [0.29, 0.717) is 11.0 Å². The minimum absolute atomic E-state index is 0.164. The molecule has 0 saturated carbocycles. The Hall–Kier alpha value is -0.620. The van der Waals surface area contributed by atoms with Crippen molar-refractivity contribution >= 4 is 32.4 Å². The van der Waals surface area contributed by atoms with E-state index in [1.165, 1.54) is 4.68 Å². The second-order valence-electron chi connectivity index (χ2n) is 1.88. The molecular weight excluding hydrogens is 230 g/mol.